The van der Waals surface area contributed by atoms with Crippen LogP contribution in [0.15, 0.2) is 23.3 Å². The monoisotopic (exact) mass is 417 g/mol. The second kappa shape index (κ2) is 10.5. The first kappa shape index (κ1) is 21.4. The molecular formula is C21H31N5O2S. The van der Waals surface area contributed by atoms with Crippen LogP contribution in [0.25, 0.3) is 0 Å². The fourth-order valence-corrected chi connectivity index (χ4v) is 4.14. The minimum absolute atomic E-state index is 0.604. The fraction of sp³-hybridized carbons (Fsp3) is 0.524. The number of thiazole rings is 1. The summed E-state index contributed by atoms with van der Waals surface area (Å²) in [5.74, 6) is 2.44. The fourth-order valence-electron chi connectivity index (χ4n) is 3.43. The first-order valence-electron chi connectivity index (χ1n) is 10.0. The van der Waals surface area contributed by atoms with E-state index in [1.54, 1.807) is 25.6 Å². The average Bonchev–Trinajstić information content (AvgIpc) is 3.16. The predicted octanol–water partition coefficient (Wildman–Crippen LogP) is 2.58. The van der Waals surface area contributed by atoms with Crippen LogP contribution in [0, 0.1) is 6.92 Å². The van der Waals surface area contributed by atoms with Crippen LogP contribution in [-0.4, -0.2) is 56.2 Å². The molecule has 0 saturated carbocycles. The molecule has 158 valence electrons. The smallest absolute Gasteiger partial charge is 0.191 e. The van der Waals surface area contributed by atoms with E-state index in [-0.39, 0.29) is 0 Å². The molecule has 0 saturated heterocycles. The Morgan fingerprint density at radius 2 is 1.97 bits per heavy atom. The van der Waals surface area contributed by atoms with Gasteiger partial charge in [-0.05, 0) is 43.5 Å². The number of hydrogen-bond acceptors (Lipinski definition) is 6. The highest BCUT2D eigenvalue weighted by atomic mass is 32.1. The summed E-state index contributed by atoms with van der Waals surface area (Å²) in [6.45, 7) is 9.33. The molecule has 2 heterocycles. The Hall–Kier alpha value is -2.32. The molecule has 2 aromatic rings. The SMILES string of the molecule is CCNC(=NCc1ncc(C)s1)NCCN1CCc2cc(OC)c(OC)cc2C1. The van der Waals surface area contributed by atoms with Gasteiger partial charge in [-0.2, -0.15) is 0 Å². The van der Waals surface area contributed by atoms with Crippen molar-refractivity contribution in [3.63, 3.8) is 0 Å². The number of guanidine groups is 1. The molecule has 0 unspecified atom stereocenters. The largest absolute Gasteiger partial charge is 0.493 e. The number of benzene rings is 1. The van der Waals surface area contributed by atoms with Crippen molar-refractivity contribution in [3.05, 3.63) is 39.3 Å². The maximum Gasteiger partial charge on any atom is 0.191 e. The summed E-state index contributed by atoms with van der Waals surface area (Å²) in [5, 5.41) is 7.79. The third-order valence-electron chi connectivity index (χ3n) is 4.90. The quantitative estimate of drug-likeness (QED) is 0.508. The number of aliphatic imine (C=N–C) groups is 1. The summed E-state index contributed by atoms with van der Waals surface area (Å²) in [4.78, 5) is 12.7. The lowest BCUT2D eigenvalue weighted by atomic mass is 9.99. The molecular weight excluding hydrogens is 386 g/mol. The molecule has 1 aromatic carbocycles. The molecule has 0 amide bonds. The van der Waals surface area contributed by atoms with Gasteiger partial charge in [0.1, 0.15) is 5.01 Å². The first-order chi connectivity index (χ1) is 14.1. The molecule has 1 aliphatic heterocycles. The Morgan fingerprint density at radius 3 is 2.62 bits per heavy atom. The standard InChI is InChI=1S/C21H31N5O2S/c1-5-22-21(25-13-20-24-12-15(2)29-20)23-7-9-26-8-6-16-10-18(27-3)19(28-4)11-17(16)14-26/h10-12H,5-9,13-14H2,1-4H3,(H2,22,23,25). The van der Waals surface area contributed by atoms with E-state index < -0.39 is 0 Å². The molecule has 3 rings (SSSR count). The molecule has 0 radical (unpaired) electrons. The molecule has 0 spiro atoms. The molecule has 0 aliphatic carbocycles. The van der Waals surface area contributed by atoms with Crippen LogP contribution in [0.4, 0.5) is 0 Å². The number of fused-ring (bicyclic) bond motifs is 1. The molecule has 0 atom stereocenters. The number of methoxy groups -OCH3 is 2. The second-order valence-electron chi connectivity index (χ2n) is 6.99. The lowest BCUT2D eigenvalue weighted by molar-refractivity contribution is 0.256. The molecule has 29 heavy (non-hydrogen) atoms. The highest BCUT2D eigenvalue weighted by Gasteiger charge is 2.19. The highest BCUT2D eigenvalue weighted by molar-refractivity contribution is 7.11. The van der Waals surface area contributed by atoms with Crippen LogP contribution in [0.3, 0.4) is 0 Å². The van der Waals surface area contributed by atoms with Gasteiger partial charge in [0.05, 0.1) is 20.8 Å². The molecule has 1 aliphatic rings. The normalized spacial score (nSPS) is 14.4. The molecule has 2 N–H and O–H groups in total. The van der Waals surface area contributed by atoms with Crippen molar-refractivity contribution >= 4 is 17.3 Å². The Morgan fingerprint density at radius 1 is 1.21 bits per heavy atom. The van der Waals surface area contributed by atoms with Crippen LogP contribution < -0.4 is 20.1 Å². The van der Waals surface area contributed by atoms with Crippen molar-refractivity contribution in [2.24, 2.45) is 4.99 Å². The number of aromatic nitrogens is 1. The number of nitrogens with one attached hydrogen (secondary N) is 2. The van der Waals surface area contributed by atoms with Gasteiger partial charge in [0, 0.05) is 43.8 Å². The number of hydrogen-bond donors (Lipinski definition) is 2. The molecule has 8 heteroatoms. The summed E-state index contributed by atoms with van der Waals surface area (Å²) in [6, 6.07) is 4.22. The van der Waals surface area contributed by atoms with Gasteiger partial charge in [-0.25, -0.2) is 9.98 Å². The van der Waals surface area contributed by atoms with Gasteiger partial charge < -0.3 is 20.1 Å². The number of ether oxygens (including phenoxy) is 2. The number of nitrogens with zero attached hydrogens (tertiary/aromatic N) is 3. The van der Waals surface area contributed by atoms with Gasteiger partial charge in [0.15, 0.2) is 17.5 Å². The molecule has 7 nitrogen and oxygen atoms in total. The Bertz CT molecular complexity index is 836. The molecule has 0 fully saturated rings. The Kier molecular flexibility index (Phi) is 7.71. The van der Waals surface area contributed by atoms with Crippen LogP contribution in [0.5, 0.6) is 11.5 Å². The number of rotatable bonds is 8. The van der Waals surface area contributed by atoms with Crippen LogP contribution in [-0.2, 0) is 19.5 Å². The van der Waals surface area contributed by atoms with Crippen molar-refractivity contribution in [2.75, 3.05) is 40.4 Å². The number of aryl methyl sites for hydroxylation is 1. The maximum absolute atomic E-state index is 5.46. The van der Waals surface area contributed by atoms with E-state index in [9.17, 15) is 0 Å². The van der Waals surface area contributed by atoms with E-state index in [4.69, 9.17) is 9.47 Å². The predicted molar refractivity (Wildman–Crippen MR) is 118 cm³/mol. The van der Waals surface area contributed by atoms with E-state index in [1.165, 1.54) is 16.0 Å². The minimum atomic E-state index is 0.604. The Labute approximate surface area is 177 Å². The topological polar surface area (TPSA) is 71.0 Å². The summed E-state index contributed by atoms with van der Waals surface area (Å²) >= 11 is 1.69. The van der Waals surface area contributed by atoms with Crippen LogP contribution in [0.1, 0.15) is 27.9 Å². The first-order valence-corrected chi connectivity index (χ1v) is 10.8. The van der Waals surface area contributed by atoms with Gasteiger partial charge in [-0.15, -0.1) is 11.3 Å². The van der Waals surface area contributed by atoms with Gasteiger partial charge in [-0.3, -0.25) is 4.90 Å². The third-order valence-corrected chi connectivity index (χ3v) is 5.80. The summed E-state index contributed by atoms with van der Waals surface area (Å²) in [6.07, 6.45) is 2.92. The molecule has 1 aromatic heterocycles. The lowest BCUT2D eigenvalue weighted by Crippen LogP contribution is -2.42. The summed E-state index contributed by atoms with van der Waals surface area (Å²) in [5.41, 5.74) is 2.66. The van der Waals surface area contributed by atoms with E-state index in [0.29, 0.717) is 6.54 Å². The van der Waals surface area contributed by atoms with Crippen molar-refractivity contribution in [1.82, 2.24) is 20.5 Å². The van der Waals surface area contributed by atoms with Gasteiger partial charge >= 0.3 is 0 Å². The second-order valence-corrected chi connectivity index (χ2v) is 8.31. The van der Waals surface area contributed by atoms with E-state index in [0.717, 1.165) is 61.6 Å². The third kappa shape index (κ3) is 5.83. The zero-order valence-electron chi connectivity index (χ0n) is 17.7. The highest BCUT2D eigenvalue weighted by Crippen LogP contribution is 2.33. The minimum Gasteiger partial charge on any atom is -0.493 e. The van der Waals surface area contributed by atoms with E-state index >= 15 is 0 Å². The average molecular weight is 418 g/mol. The lowest BCUT2D eigenvalue weighted by Gasteiger charge is -2.29. The summed E-state index contributed by atoms with van der Waals surface area (Å²) in [7, 11) is 3.37. The van der Waals surface area contributed by atoms with Crippen molar-refractivity contribution in [2.45, 2.75) is 33.4 Å². The van der Waals surface area contributed by atoms with Crippen molar-refractivity contribution in [3.8, 4) is 11.5 Å². The van der Waals surface area contributed by atoms with Gasteiger partial charge in [0.2, 0.25) is 0 Å². The zero-order valence-corrected chi connectivity index (χ0v) is 18.6. The van der Waals surface area contributed by atoms with Gasteiger partial charge in [0.25, 0.3) is 0 Å². The summed E-state index contributed by atoms with van der Waals surface area (Å²) < 4.78 is 10.9. The van der Waals surface area contributed by atoms with Gasteiger partial charge in [-0.1, -0.05) is 0 Å². The van der Waals surface area contributed by atoms with Crippen LogP contribution >= 0.6 is 11.3 Å². The maximum atomic E-state index is 5.46. The van der Waals surface area contributed by atoms with E-state index in [1.807, 2.05) is 6.20 Å². The van der Waals surface area contributed by atoms with Crippen molar-refractivity contribution < 1.29 is 9.47 Å². The zero-order chi connectivity index (χ0) is 20.6. The molecule has 0 bridgehead atoms. The van der Waals surface area contributed by atoms with E-state index in [2.05, 4.69) is 51.5 Å². The van der Waals surface area contributed by atoms with Crippen LogP contribution in [0.2, 0.25) is 0 Å². The van der Waals surface area contributed by atoms with Crippen molar-refractivity contribution in [1.29, 1.82) is 0 Å². The Balaban J connectivity index is 1.53.